The second kappa shape index (κ2) is 19.7. The number of nitrogens with two attached hydrogens (primary N) is 3. The van der Waals surface area contributed by atoms with Gasteiger partial charge >= 0.3 is 11.9 Å². The van der Waals surface area contributed by atoms with E-state index in [1.807, 2.05) is 0 Å². The Hall–Kier alpha value is -2.48. The Labute approximate surface area is 207 Å². The molecule has 5 unspecified atom stereocenters. The van der Waals surface area contributed by atoms with Gasteiger partial charge in [-0.1, -0.05) is 0 Å². The molecular weight excluding hydrogens is 490 g/mol. The molecule has 0 aromatic heterocycles. The van der Waals surface area contributed by atoms with E-state index in [4.69, 9.17) is 47.8 Å². The molecule has 5 atom stereocenters. The predicted molar refractivity (Wildman–Crippen MR) is 122 cm³/mol. The Kier molecular flexibility index (Phi) is 19.5. The summed E-state index contributed by atoms with van der Waals surface area (Å²) < 4.78 is 0. The summed E-state index contributed by atoms with van der Waals surface area (Å²) in [5, 5.41) is 71.7. The van der Waals surface area contributed by atoms with Gasteiger partial charge in [-0.05, 0) is 0 Å². The normalized spacial score (nSPS) is 15.4. The van der Waals surface area contributed by atoms with Crippen molar-refractivity contribution < 1.29 is 60.0 Å². The molecular formula is C19H39N5O12. The Morgan fingerprint density at radius 3 is 1.11 bits per heavy atom. The summed E-state index contributed by atoms with van der Waals surface area (Å²) in [6.45, 7) is -3.45. The van der Waals surface area contributed by atoms with Crippen molar-refractivity contribution in [2.24, 2.45) is 17.2 Å². The van der Waals surface area contributed by atoms with Crippen LogP contribution >= 0.6 is 0 Å². The summed E-state index contributed by atoms with van der Waals surface area (Å²) in [5.74, 6) is -4.63. The van der Waals surface area contributed by atoms with Gasteiger partial charge in [0.15, 0.2) is 0 Å². The number of aliphatic hydroxyl groups excluding tert-OH is 6. The monoisotopic (exact) mass is 529 g/mol. The van der Waals surface area contributed by atoms with Gasteiger partial charge in [-0.2, -0.15) is 0 Å². The largest absolute Gasteiger partial charge is 0.480 e. The van der Waals surface area contributed by atoms with E-state index in [1.165, 1.54) is 0 Å². The van der Waals surface area contributed by atoms with Crippen LogP contribution in [0.25, 0.3) is 0 Å². The molecule has 17 heteroatoms. The van der Waals surface area contributed by atoms with Crippen molar-refractivity contribution in [2.45, 2.75) is 43.2 Å². The number of hydrogen-bond acceptors (Lipinski definition) is 13. The number of hydrogen-bond donors (Lipinski definition) is 11. The van der Waals surface area contributed by atoms with E-state index in [0.29, 0.717) is 0 Å². The van der Waals surface area contributed by atoms with Crippen molar-refractivity contribution in [1.82, 2.24) is 9.80 Å². The quantitative estimate of drug-likeness (QED) is 0.0740. The standard InChI is InChI=1S/C16H30N4O10.C3H9NO2/c17-15(29)11(3-9(23)7-21)19(5-13(25)26)1-2-20(6-14(27)28)12(16(18)30)4-10(24)8-22;4-1-3(6)2-5/h9-12,21-24H,1-8H2,(H2,17,29)(H2,18,30)(H,25,26)(H,27,28);3,5-6H,1-2,4H2. The Morgan fingerprint density at radius 2 is 0.944 bits per heavy atom. The average Bonchev–Trinajstić information content (AvgIpc) is 2.81. The van der Waals surface area contributed by atoms with Crippen LogP contribution < -0.4 is 17.2 Å². The second-order valence-electron chi connectivity index (χ2n) is 7.78. The first-order valence-electron chi connectivity index (χ1n) is 10.8. The van der Waals surface area contributed by atoms with E-state index >= 15 is 0 Å². The Bertz CT molecular complexity index is 617. The molecule has 0 saturated carbocycles. The highest BCUT2D eigenvalue weighted by Crippen LogP contribution is 2.12. The van der Waals surface area contributed by atoms with Gasteiger partial charge in [0.1, 0.15) is 0 Å². The lowest BCUT2D eigenvalue weighted by atomic mass is 10.1. The van der Waals surface area contributed by atoms with E-state index < -0.39 is 80.5 Å². The highest BCUT2D eigenvalue weighted by Gasteiger charge is 2.32. The molecule has 0 bridgehead atoms. The molecule has 0 heterocycles. The molecule has 2 amide bonds. The third-order valence-corrected chi connectivity index (χ3v) is 4.78. The van der Waals surface area contributed by atoms with E-state index in [-0.39, 0.29) is 39.1 Å². The van der Waals surface area contributed by atoms with Crippen LogP contribution in [0.15, 0.2) is 0 Å². The van der Waals surface area contributed by atoms with Crippen LogP contribution in [0, 0.1) is 0 Å². The van der Waals surface area contributed by atoms with Gasteiger partial charge in [0.25, 0.3) is 0 Å². The predicted octanol–water partition coefficient (Wildman–Crippen LogP) is -6.75. The molecule has 0 aromatic carbocycles. The van der Waals surface area contributed by atoms with Crippen molar-refractivity contribution in [3.05, 3.63) is 0 Å². The molecule has 0 saturated heterocycles. The average molecular weight is 530 g/mol. The smallest absolute Gasteiger partial charge is 0.317 e. The minimum atomic E-state index is -1.35. The van der Waals surface area contributed by atoms with Crippen LogP contribution in [0.4, 0.5) is 0 Å². The van der Waals surface area contributed by atoms with Crippen LogP contribution in [0.1, 0.15) is 12.8 Å². The van der Waals surface area contributed by atoms with E-state index in [0.717, 1.165) is 9.80 Å². The van der Waals surface area contributed by atoms with Crippen molar-refractivity contribution >= 4 is 23.8 Å². The van der Waals surface area contributed by atoms with Gasteiger partial charge in [-0.15, -0.1) is 0 Å². The first kappa shape index (κ1) is 35.7. The number of primary amides is 2. The zero-order valence-corrected chi connectivity index (χ0v) is 19.8. The number of carbonyl (C=O) groups is 4. The number of nitrogens with zero attached hydrogens (tertiary/aromatic N) is 2. The number of rotatable bonds is 19. The second-order valence-corrected chi connectivity index (χ2v) is 7.78. The van der Waals surface area contributed by atoms with E-state index in [9.17, 15) is 29.4 Å². The first-order valence-corrected chi connectivity index (χ1v) is 10.8. The van der Waals surface area contributed by atoms with Gasteiger partial charge in [0, 0.05) is 32.5 Å². The minimum Gasteiger partial charge on any atom is -0.480 e. The molecule has 0 aliphatic heterocycles. The van der Waals surface area contributed by atoms with Gasteiger partial charge in [-0.3, -0.25) is 29.0 Å². The summed E-state index contributed by atoms with van der Waals surface area (Å²) in [5.41, 5.74) is 15.4. The zero-order chi connectivity index (χ0) is 28.4. The molecule has 14 N–H and O–H groups in total. The van der Waals surface area contributed by atoms with Gasteiger partial charge in [0.2, 0.25) is 11.8 Å². The lowest BCUT2D eigenvalue weighted by molar-refractivity contribution is -0.143. The summed E-state index contributed by atoms with van der Waals surface area (Å²) >= 11 is 0. The van der Waals surface area contributed by atoms with Crippen molar-refractivity contribution in [3.63, 3.8) is 0 Å². The third-order valence-electron chi connectivity index (χ3n) is 4.78. The summed E-state index contributed by atoms with van der Waals surface area (Å²) in [4.78, 5) is 48.0. The lowest BCUT2D eigenvalue weighted by Gasteiger charge is -2.34. The number of carboxylic acid groups (broad SMARTS) is 2. The van der Waals surface area contributed by atoms with Crippen molar-refractivity contribution in [2.75, 3.05) is 52.5 Å². The van der Waals surface area contributed by atoms with Crippen LogP contribution in [-0.4, -0.2) is 157 Å². The summed E-state index contributed by atoms with van der Waals surface area (Å²) in [6, 6.07) is -2.60. The van der Waals surface area contributed by atoms with Gasteiger partial charge in [0.05, 0.1) is 63.3 Å². The Morgan fingerprint density at radius 1 is 0.639 bits per heavy atom. The number of carboxylic acids is 2. The van der Waals surface area contributed by atoms with Gasteiger partial charge in [-0.25, -0.2) is 0 Å². The molecule has 0 aromatic rings. The molecule has 0 aliphatic carbocycles. The molecule has 0 aliphatic rings. The lowest BCUT2D eigenvalue weighted by Crippen LogP contribution is -2.54. The van der Waals surface area contributed by atoms with Crippen molar-refractivity contribution in [3.8, 4) is 0 Å². The molecule has 212 valence electrons. The van der Waals surface area contributed by atoms with Gasteiger partial charge < -0.3 is 58.1 Å². The summed E-state index contributed by atoms with van der Waals surface area (Å²) in [6.07, 6.45) is -4.19. The number of aliphatic hydroxyl groups is 6. The maximum Gasteiger partial charge on any atom is 0.317 e. The van der Waals surface area contributed by atoms with E-state index in [1.54, 1.807) is 0 Å². The number of aliphatic carboxylic acids is 2. The Balaban J connectivity index is 0. The maximum absolute atomic E-state index is 11.8. The molecule has 17 nitrogen and oxygen atoms in total. The minimum absolute atomic E-state index is 0.135. The zero-order valence-electron chi connectivity index (χ0n) is 19.8. The third kappa shape index (κ3) is 16.2. The van der Waals surface area contributed by atoms with Crippen molar-refractivity contribution in [1.29, 1.82) is 0 Å². The molecule has 0 radical (unpaired) electrons. The van der Waals surface area contributed by atoms with Crippen LogP contribution in [0.3, 0.4) is 0 Å². The van der Waals surface area contributed by atoms with Crippen LogP contribution in [0.5, 0.6) is 0 Å². The fraction of sp³-hybridized carbons (Fsp3) is 0.789. The summed E-state index contributed by atoms with van der Waals surface area (Å²) in [7, 11) is 0. The first-order chi connectivity index (χ1) is 16.7. The number of amides is 2. The van der Waals surface area contributed by atoms with Crippen LogP contribution in [-0.2, 0) is 19.2 Å². The van der Waals surface area contributed by atoms with Crippen LogP contribution in [0.2, 0.25) is 0 Å². The number of carbonyl (C=O) groups excluding carboxylic acids is 2. The molecule has 36 heavy (non-hydrogen) atoms. The molecule has 0 rings (SSSR count). The maximum atomic E-state index is 11.8. The highest BCUT2D eigenvalue weighted by molar-refractivity contribution is 5.81. The highest BCUT2D eigenvalue weighted by atomic mass is 16.4. The molecule has 0 fully saturated rings. The fourth-order valence-electron chi connectivity index (χ4n) is 2.92. The SMILES string of the molecule is NC(=O)C(CC(O)CO)N(CCN(CC(=O)O)C(CC(O)CO)C(N)=O)CC(=O)O.NCC(O)CO. The van der Waals surface area contributed by atoms with E-state index in [2.05, 4.69) is 0 Å². The fourth-order valence-corrected chi connectivity index (χ4v) is 2.92. The molecule has 0 spiro atoms. The topological polar surface area (TPSA) is 315 Å².